The van der Waals surface area contributed by atoms with E-state index >= 15 is 0 Å². The fourth-order valence-electron chi connectivity index (χ4n) is 2.36. The third kappa shape index (κ3) is 4.68. The van der Waals surface area contributed by atoms with E-state index in [0.29, 0.717) is 16.9 Å². The second-order valence-electron chi connectivity index (χ2n) is 6.14. The van der Waals surface area contributed by atoms with Gasteiger partial charge in [-0.25, -0.2) is 13.1 Å². The van der Waals surface area contributed by atoms with Crippen LogP contribution in [0.25, 0.3) is 0 Å². The Balaban J connectivity index is 1.69. The molecule has 7 nitrogen and oxygen atoms in total. The average molecular weight is 373 g/mol. The van der Waals surface area contributed by atoms with Gasteiger partial charge in [-0.3, -0.25) is 9.59 Å². The first-order valence-electron chi connectivity index (χ1n) is 8.15. The van der Waals surface area contributed by atoms with Crippen LogP contribution in [-0.4, -0.2) is 26.3 Å². The number of carbonyl (C=O) groups is 2. The molecule has 1 aliphatic rings. The number of hydrogen-bond donors (Lipinski definition) is 3. The molecule has 3 N–H and O–H groups in total. The van der Waals surface area contributed by atoms with E-state index in [4.69, 9.17) is 0 Å². The molecule has 26 heavy (non-hydrogen) atoms. The number of carbonyl (C=O) groups excluding carboxylic acids is 2. The summed E-state index contributed by atoms with van der Waals surface area (Å²) in [5.41, 5.74) is 1.43. The Labute approximate surface area is 151 Å². The summed E-state index contributed by atoms with van der Waals surface area (Å²) in [6.45, 7) is 1.40. The maximum atomic E-state index is 12.3. The Morgan fingerprint density at radius 1 is 0.962 bits per heavy atom. The molecule has 0 heterocycles. The number of hydrogen-bond acceptors (Lipinski definition) is 4. The van der Waals surface area contributed by atoms with Crippen molar-refractivity contribution >= 4 is 33.2 Å². The summed E-state index contributed by atoms with van der Waals surface area (Å²) in [6.07, 6.45) is 1.72. The number of rotatable bonds is 6. The van der Waals surface area contributed by atoms with Crippen LogP contribution in [0.1, 0.15) is 30.1 Å². The molecule has 2 amide bonds. The molecule has 2 aromatic carbocycles. The van der Waals surface area contributed by atoms with Crippen molar-refractivity contribution in [2.45, 2.75) is 30.7 Å². The van der Waals surface area contributed by atoms with Crippen LogP contribution in [-0.2, 0) is 14.8 Å². The van der Waals surface area contributed by atoms with Gasteiger partial charge in [-0.1, -0.05) is 6.07 Å². The monoisotopic (exact) mass is 373 g/mol. The highest BCUT2D eigenvalue weighted by molar-refractivity contribution is 7.89. The van der Waals surface area contributed by atoms with E-state index in [2.05, 4.69) is 15.4 Å². The fraction of sp³-hybridized carbons (Fsp3) is 0.222. The molecule has 3 rings (SSSR count). The van der Waals surface area contributed by atoms with Crippen molar-refractivity contribution in [1.82, 2.24) is 4.72 Å². The minimum Gasteiger partial charge on any atom is -0.326 e. The van der Waals surface area contributed by atoms with Crippen LogP contribution in [0.3, 0.4) is 0 Å². The van der Waals surface area contributed by atoms with Gasteiger partial charge in [0, 0.05) is 29.9 Å². The van der Waals surface area contributed by atoms with Gasteiger partial charge in [-0.15, -0.1) is 0 Å². The summed E-state index contributed by atoms with van der Waals surface area (Å²) in [5, 5.41) is 5.36. The highest BCUT2D eigenvalue weighted by Crippen LogP contribution is 2.22. The molecule has 0 bridgehead atoms. The number of anilines is 2. The fourth-order valence-corrected chi connectivity index (χ4v) is 3.66. The first-order valence-corrected chi connectivity index (χ1v) is 9.63. The van der Waals surface area contributed by atoms with Gasteiger partial charge in [0.25, 0.3) is 5.91 Å². The molecule has 0 radical (unpaired) electrons. The molecular formula is C18H19N3O4S. The van der Waals surface area contributed by atoms with Crippen LogP contribution >= 0.6 is 0 Å². The minimum atomic E-state index is -3.54. The third-order valence-electron chi connectivity index (χ3n) is 3.77. The first kappa shape index (κ1) is 18.1. The molecule has 8 heteroatoms. The number of sulfonamides is 1. The quantitative estimate of drug-likeness (QED) is 0.723. The molecule has 0 saturated heterocycles. The predicted octanol–water partition coefficient (Wildman–Crippen LogP) is 2.34. The number of amides is 2. The smallest absolute Gasteiger partial charge is 0.255 e. The molecule has 1 aliphatic carbocycles. The van der Waals surface area contributed by atoms with Gasteiger partial charge in [0.05, 0.1) is 4.90 Å². The lowest BCUT2D eigenvalue weighted by atomic mass is 10.2. The average Bonchev–Trinajstić information content (AvgIpc) is 3.38. The summed E-state index contributed by atoms with van der Waals surface area (Å²) < 4.78 is 26.9. The molecule has 2 aromatic rings. The van der Waals surface area contributed by atoms with Crippen molar-refractivity contribution in [3.8, 4) is 0 Å². The first-order chi connectivity index (χ1) is 12.3. The predicted molar refractivity (Wildman–Crippen MR) is 98.5 cm³/mol. The third-order valence-corrected chi connectivity index (χ3v) is 5.30. The summed E-state index contributed by atoms with van der Waals surface area (Å²) >= 11 is 0. The molecule has 1 saturated carbocycles. The van der Waals surface area contributed by atoms with Gasteiger partial charge in [0.1, 0.15) is 0 Å². The summed E-state index contributed by atoms with van der Waals surface area (Å²) in [7, 11) is -3.54. The Kier molecular flexibility index (Phi) is 5.06. The summed E-state index contributed by atoms with van der Waals surface area (Å²) in [6, 6.07) is 12.5. The number of nitrogens with one attached hydrogen (secondary N) is 3. The maximum Gasteiger partial charge on any atom is 0.255 e. The zero-order chi connectivity index (χ0) is 18.7. The lowest BCUT2D eigenvalue weighted by Gasteiger charge is -2.09. The van der Waals surface area contributed by atoms with Gasteiger partial charge in [0.2, 0.25) is 15.9 Å². The highest BCUT2D eigenvalue weighted by Gasteiger charge is 2.27. The Morgan fingerprint density at radius 2 is 1.58 bits per heavy atom. The Morgan fingerprint density at radius 3 is 2.15 bits per heavy atom. The van der Waals surface area contributed by atoms with E-state index in [0.717, 1.165) is 12.8 Å². The molecule has 1 fully saturated rings. The van der Waals surface area contributed by atoms with Crippen molar-refractivity contribution in [2.75, 3.05) is 10.6 Å². The summed E-state index contributed by atoms with van der Waals surface area (Å²) in [4.78, 5) is 23.6. The van der Waals surface area contributed by atoms with Crippen LogP contribution < -0.4 is 15.4 Å². The molecule has 0 aliphatic heterocycles. The van der Waals surface area contributed by atoms with Gasteiger partial charge >= 0.3 is 0 Å². The zero-order valence-electron chi connectivity index (χ0n) is 14.2. The summed E-state index contributed by atoms with van der Waals surface area (Å²) in [5.74, 6) is -0.575. The van der Waals surface area contributed by atoms with Crippen molar-refractivity contribution in [3.63, 3.8) is 0 Å². The van der Waals surface area contributed by atoms with Crippen LogP contribution in [0.5, 0.6) is 0 Å². The van der Waals surface area contributed by atoms with Crippen LogP contribution in [0.4, 0.5) is 11.4 Å². The Bertz CT molecular complexity index is 935. The molecular weight excluding hydrogens is 354 g/mol. The van der Waals surface area contributed by atoms with Gasteiger partial charge in [0.15, 0.2) is 0 Å². The van der Waals surface area contributed by atoms with E-state index in [9.17, 15) is 18.0 Å². The molecule has 0 atom stereocenters. The molecule has 0 spiro atoms. The maximum absolute atomic E-state index is 12.3. The highest BCUT2D eigenvalue weighted by atomic mass is 32.2. The van der Waals surface area contributed by atoms with Crippen LogP contribution in [0, 0.1) is 0 Å². The normalized spacial score (nSPS) is 13.9. The van der Waals surface area contributed by atoms with Crippen molar-refractivity contribution < 1.29 is 18.0 Å². The van der Waals surface area contributed by atoms with Crippen molar-refractivity contribution in [3.05, 3.63) is 54.1 Å². The van der Waals surface area contributed by atoms with Crippen LogP contribution in [0.15, 0.2) is 53.4 Å². The second-order valence-corrected chi connectivity index (χ2v) is 7.85. The molecule has 0 unspecified atom stereocenters. The lowest BCUT2D eigenvalue weighted by Crippen LogP contribution is -2.25. The van der Waals surface area contributed by atoms with Crippen molar-refractivity contribution in [2.24, 2.45) is 0 Å². The van der Waals surface area contributed by atoms with Gasteiger partial charge in [-0.2, -0.15) is 0 Å². The van der Waals surface area contributed by atoms with E-state index in [1.54, 1.807) is 24.3 Å². The second kappa shape index (κ2) is 7.27. The van der Waals surface area contributed by atoms with Crippen molar-refractivity contribution in [1.29, 1.82) is 0 Å². The van der Waals surface area contributed by atoms with E-state index < -0.39 is 10.0 Å². The van der Waals surface area contributed by atoms with E-state index in [-0.39, 0.29) is 22.8 Å². The van der Waals surface area contributed by atoms with Gasteiger partial charge < -0.3 is 10.6 Å². The SMILES string of the molecule is CC(=O)Nc1cccc(NC(=O)c2ccc(S(=O)(=O)NC3CC3)cc2)c1. The van der Waals surface area contributed by atoms with E-state index in [1.807, 2.05) is 0 Å². The van der Waals surface area contributed by atoms with E-state index in [1.165, 1.54) is 31.2 Å². The zero-order valence-corrected chi connectivity index (χ0v) is 15.0. The standard InChI is InChI=1S/C18H19N3O4S/c1-12(22)19-15-3-2-4-16(11-15)20-18(23)13-5-9-17(10-6-13)26(24,25)21-14-7-8-14/h2-6,9-11,14,21H,7-8H2,1H3,(H,19,22)(H,20,23). The molecule has 0 aromatic heterocycles. The topological polar surface area (TPSA) is 104 Å². The number of benzene rings is 2. The molecule has 136 valence electrons. The largest absolute Gasteiger partial charge is 0.326 e. The van der Waals surface area contributed by atoms with Crippen LogP contribution in [0.2, 0.25) is 0 Å². The Hall–Kier alpha value is -2.71. The minimum absolute atomic E-state index is 0.0267. The lowest BCUT2D eigenvalue weighted by molar-refractivity contribution is -0.114. The van der Waals surface area contributed by atoms with Gasteiger partial charge in [-0.05, 0) is 55.3 Å².